The van der Waals surface area contributed by atoms with Crippen LogP contribution in [0.3, 0.4) is 0 Å². The summed E-state index contributed by atoms with van der Waals surface area (Å²) >= 11 is 0. The summed E-state index contributed by atoms with van der Waals surface area (Å²) in [5.41, 5.74) is 10.4. The van der Waals surface area contributed by atoms with Crippen LogP contribution in [0.1, 0.15) is 0 Å². The zero-order chi connectivity index (χ0) is 10.6. The van der Waals surface area contributed by atoms with Crippen molar-refractivity contribution in [2.24, 2.45) is 23.5 Å². The SMILES string of the molecule is COc1cn(CCN=C(N)N)[n+](C)c1. The molecule has 0 saturated heterocycles. The Morgan fingerprint density at radius 3 is 2.86 bits per heavy atom. The van der Waals surface area contributed by atoms with Crippen LogP contribution in [0.25, 0.3) is 0 Å². The number of guanidine groups is 1. The Morgan fingerprint density at radius 1 is 1.64 bits per heavy atom. The fourth-order valence-corrected chi connectivity index (χ4v) is 1.14. The molecule has 1 heterocycles. The second-order valence-electron chi connectivity index (χ2n) is 2.91. The van der Waals surface area contributed by atoms with Gasteiger partial charge in [0.15, 0.2) is 13.0 Å². The van der Waals surface area contributed by atoms with Crippen molar-refractivity contribution in [3.63, 3.8) is 0 Å². The van der Waals surface area contributed by atoms with Gasteiger partial charge >= 0.3 is 0 Å². The van der Waals surface area contributed by atoms with Gasteiger partial charge in [0.1, 0.15) is 6.20 Å². The van der Waals surface area contributed by atoms with Crippen molar-refractivity contribution in [2.45, 2.75) is 6.54 Å². The lowest BCUT2D eigenvalue weighted by Crippen LogP contribution is -2.38. The highest BCUT2D eigenvalue weighted by Gasteiger charge is 2.07. The molecular formula is C8H16N5O+. The van der Waals surface area contributed by atoms with E-state index in [4.69, 9.17) is 16.2 Å². The Bertz CT molecular complexity index is 326. The van der Waals surface area contributed by atoms with Crippen LogP contribution in [0.5, 0.6) is 5.75 Å². The van der Waals surface area contributed by atoms with Crippen LogP contribution in [-0.2, 0) is 13.6 Å². The number of aliphatic imine (C=N–C) groups is 1. The second kappa shape index (κ2) is 4.50. The maximum absolute atomic E-state index is 5.21. The monoisotopic (exact) mass is 198 g/mol. The van der Waals surface area contributed by atoms with Crippen LogP contribution in [-0.4, -0.2) is 24.3 Å². The number of hydrogen-bond donors (Lipinski definition) is 2. The van der Waals surface area contributed by atoms with E-state index in [0.717, 1.165) is 12.3 Å². The molecular weight excluding hydrogens is 182 g/mol. The van der Waals surface area contributed by atoms with Gasteiger partial charge in [-0.3, -0.25) is 4.99 Å². The van der Waals surface area contributed by atoms with Gasteiger partial charge in [-0.05, 0) is 0 Å². The predicted molar refractivity (Wildman–Crippen MR) is 52.8 cm³/mol. The van der Waals surface area contributed by atoms with Crippen molar-refractivity contribution >= 4 is 5.96 Å². The number of nitrogens with zero attached hydrogens (tertiary/aromatic N) is 3. The number of methoxy groups -OCH3 is 1. The van der Waals surface area contributed by atoms with E-state index in [1.807, 2.05) is 28.8 Å². The highest BCUT2D eigenvalue weighted by molar-refractivity contribution is 5.75. The highest BCUT2D eigenvalue weighted by Crippen LogP contribution is 2.04. The third-order valence-corrected chi connectivity index (χ3v) is 1.85. The minimum absolute atomic E-state index is 0.117. The third-order valence-electron chi connectivity index (χ3n) is 1.85. The first-order valence-electron chi connectivity index (χ1n) is 4.29. The smallest absolute Gasteiger partial charge is 0.237 e. The number of rotatable bonds is 4. The van der Waals surface area contributed by atoms with E-state index in [1.54, 1.807) is 7.11 Å². The van der Waals surface area contributed by atoms with Gasteiger partial charge in [-0.2, -0.15) is 4.68 Å². The van der Waals surface area contributed by atoms with Gasteiger partial charge < -0.3 is 16.2 Å². The molecule has 1 aromatic heterocycles. The molecule has 0 aromatic carbocycles. The molecule has 0 fully saturated rings. The number of aromatic nitrogens is 2. The van der Waals surface area contributed by atoms with Gasteiger partial charge in [0.25, 0.3) is 0 Å². The summed E-state index contributed by atoms with van der Waals surface area (Å²) in [6.07, 6.45) is 3.78. The Kier molecular flexibility index (Phi) is 3.33. The maximum Gasteiger partial charge on any atom is 0.237 e. The molecule has 1 rings (SSSR count). The summed E-state index contributed by atoms with van der Waals surface area (Å²) in [5.74, 6) is 0.934. The van der Waals surface area contributed by atoms with E-state index in [9.17, 15) is 0 Å². The third kappa shape index (κ3) is 2.65. The average molecular weight is 198 g/mol. The van der Waals surface area contributed by atoms with Gasteiger partial charge in [0.2, 0.25) is 11.9 Å². The average Bonchev–Trinajstić information content (AvgIpc) is 2.47. The van der Waals surface area contributed by atoms with E-state index in [-0.39, 0.29) is 5.96 Å². The van der Waals surface area contributed by atoms with Gasteiger partial charge in [-0.15, -0.1) is 4.68 Å². The van der Waals surface area contributed by atoms with E-state index in [1.165, 1.54) is 0 Å². The van der Waals surface area contributed by atoms with Crippen LogP contribution in [0.4, 0.5) is 0 Å². The molecule has 0 bridgehead atoms. The van der Waals surface area contributed by atoms with E-state index in [0.29, 0.717) is 6.54 Å². The Morgan fingerprint density at radius 2 is 2.36 bits per heavy atom. The Labute approximate surface area is 82.8 Å². The van der Waals surface area contributed by atoms with Gasteiger partial charge in [-0.25, -0.2) is 0 Å². The van der Waals surface area contributed by atoms with Crippen LogP contribution >= 0.6 is 0 Å². The van der Waals surface area contributed by atoms with Crippen LogP contribution in [0.15, 0.2) is 17.4 Å². The van der Waals surface area contributed by atoms with Crippen LogP contribution in [0.2, 0.25) is 0 Å². The van der Waals surface area contributed by atoms with E-state index < -0.39 is 0 Å². The molecule has 0 amide bonds. The molecule has 78 valence electrons. The molecule has 0 aliphatic carbocycles. The second-order valence-corrected chi connectivity index (χ2v) is 2.91. The van der Waals surface area contributed by atoms with Gasteiger partial charge in [-0.1, -0.05) is 0 Å². The summed E-state index contributed by atoms with van der Waals surface area (Å²) in [6.45, 7) is 1.28. The van der Waals surface area contributed by atoms with Crippen molar-refractivity contribution in [3.05, 3.63) is 12.4 Å². The molecule has 1 aromatic rings. The van der Waals surface area contributed by atoms with Crippen LogP contribution in [0, 0.1) is 0 Å². The normalized spacial score (nSPS) is 9.86. The van der Waals surface area contributed by atoms with Gasteiger partial charge in [0.05, 0.1) is 20.2 Å². The molecule has 0 unspecified atom stereocenters. The number of nitrogens with two attached hydrogens (primary N) is 2. The lowest BCUT2D eigenvalue weighted by molar-refractivity contribution is -0.753. The molecule has 14 heavy (non-hydrogen) atoms. The fourth-order valence-electron chi connectivity index (χ4n) is 1.14. The maximum atomic E-state index is 5.21. The number of ether oxygens (including phenoxy) is 1. The highest BCUT2D eigenvalue weighted by atomic mass is 16.5. The summed E-state index contributed by atoms with van der Waals surface area (Å²) < 4.78 is 8.96. The van der Waals surface area contributed by atoms with Crippen LogP contribution < -0.4 is 20.9 Å². The standard InChI is InChI=1S/C8H16N5O/c1-12-5-7(14-2)6-13(12)4-3-11-8(9)10/h5-6H,3-4H2,1-2H3,(H4,9,10,11)/q+1. The number of aryl methyl sites for hydroxylation is 1. The molecule has 0 atom stereocenters. The lowest BCUT2D eigenvalue weighted by Gasteiger charge is -1.96. The predicted octanol–water partition coefficient (Wildman–Crippen LogP) is -1.41. The first-order valence-corrected chi connectivity index (χ1v) is 4.29. The fraction of sp³-hybridized carbons (Fsp3) is 0.500. The molecule has 4 N–H and O–H groups in total. The van der Waals surface area contributed by atoms with Crippen molar-refractivity contribution in [2.75, 3.05) is 13.7 Å². The molecule has 6 heteroatoms. The topological polar surface area (TPSA) is 82.4 Å². The molecule has 0 aliphatic heterocycles. The van der Waals surface area contributed by atoms with Crippen molar-refractivity contribution in [1.29, 1.82) is 0 Å². The van der Waals surface area contributed by atoms with Crippen molar-refractivity contribution in [1.82, 2.24) is 4.68 Å². The zero-order valence-corrected chi connectivity index (χ0v) is 8.47. The van der Waals surface area contributed by atoms with Crippen molar-refractivity contribution in [3.8, 4) is 5.75 Å². The van der Waals surface area contributed by atoms with Gasteiger partial charge in [0, 0.05) is 0 Å². The quantitative estimate of drug-likeness (QED) is 0.354. The molecule has 0 saturated carbocycles. The molecule has 0 spiro atoms. The van der Waals surface area contributed by atoms with E-state index in [2.05, 4.69) is 4.99 Å². The lowest BCUT2D eigenvalue weighted by atomic mass is 10.6. The summed E-state index contributed by atoms with van der Waals surface area (Å²) in [4.78, 5) is 3.89. The Hall–Kier alpha value is -1.72. The summed E-state index contributed by atoms with van der Waals surface area (Å²) in [6, 6.07) is 0. The minimum atomic E-state index is 0.117. The van der Waals surface area contributed by atoms with Crippen molar-refractivity contribution < 1.29 is 9.42 Å². The molecule has 0 radical (unpaired) electrons. The largest absolute Gasteiger partial charge is 0.490 e. The summed E-state index contributed by atoms with van der Waals surface area (Å²) in [7, 11) is 3.56. The molecule has 0 aliphatic rings. The summed E-state index contributed by atoms with van der Waals surface area (Å²) in [5, 5.41) is 0. The number of hydrogen-bond acceptors (Lipinski definition) is 2. The Balaban J connectivity index is 2.58. The van der Waals surface area contributed by atoms with E-state index >= 15 is 0 Å². The first-order chi connectivity index (χ1) is 6.63. The minimum Gasteiger partial charge on any atom is -0.490 e. The first kappa shape index (κ1) is 10.4. The zero-order valence-electron chi connectivity index (χ0n) is 8.47. The molecule has 6 nitrogen and oxygen atoms in total.